The van der Waals surface area contributed by atoms with E-state index in [4.69, 9.17) is 9.84 Å². The van der Waals surface area contributed by atoms with Crippen LogP contribution in [0, 0.1) is 5.92 Å². The zero-order valence-corrected chi connectivity index (χ0v) is 10.4. The standard InChI is InChI=1S/C12H20N2O4/c15-7-8-18-12(17)14-5-3-10(4-6-14)13-11(16)9-1-2-9/h9-10,15H,1-8H2,(H,13,16). The largest absolute Gasteiger partial charge is 0.447 e. The molecule has 2 rings (SSSR count). The van der Waals surface area contributed by atoms with Crippen molar-refractivity contribution < 1.29 is 19.4 Å². The van der Waals surface area contributed by atoms with E-state index in [-0.39, 0.29) is 37.2 Å². The van der Waals surface area contributed by atoms with Gasteiger partial charge in [-0.3, -0.25) is 4.79 Å². The fraction of sp³-hybridized carbons (Fsp3) is 0.833. The predicted octanol–water partition coefficient (Wildman–Crippen LogP) is 0.106. The maximum Gasteiger partial charge on any atom is 0.409 e. The Bertz CT molecular complexity index is 309. The van der Waals surface area contributed by atoms with Crippen molar-refractivity contribution in [1.82, 2.24) is 10.2 Å². The van der Waals surface area contributed by atoms with Gasteiger partial charge in [-0.05, 0) is 25.7 Å². The average molecular weight is 256 g/mol. The first-order valence-electron chi connectivity index (χ1n) is 6.53. The van der Waals surface area contributed by atoms with Gasteiger partial charge in [-0.1, -0.05) is 0 Å². The van der Waals surface area contributed by atoms with Gasteiger partial charge in [0.2, 0.25) is 5.91 Å². The minimum atomic E-state index is -0.379. The van der Waals surface area contributed by atoms with Crippen LogP contribution in [0.1, 0.15) is 25.7 Å². The first kappa shape index (κ1) is 13.1. The molecule has 2 fully saturated rings. The topological polar surface area (TPSA) is 78.9 Å². The summed E-state index contributed by atoms with van der Waals surface area (Å²) in [5.74, 6) is 0.397. The molecule has 1 aliphatic heterocycles. The van der Waals surface area contributed by atoms with Crippen molar-refractivity contribution in [2.24, 2.45) is 5.92 Å². The van der Waals surface area contributed by atoms with Gasteiger partial charge in [0.05, 0.1) is 6.61 Å². The fourth-order valence-corrected chi connectivity index (χ4v) is 2.10. The zero-order chi connectivity index (χ0) is 13.0. The third-order valence-corrected chi connectivity index (χ3v) is 3.36. The van der Waals surface area contributed by atoms with Gasteiger partial charge in [0.15, 0.2) is 0 Å². The Morgan fingerprint density at radius 1 is 1.22 bits per heavy atom. The van der Waals surface area contributed by atoms with E-state index >= 15 is 0 Å². The Labute approximate surface area is 106 Å². The van der Waals surface area contributed by atoms with Crippen LogP contribution in [0.2, 0.25) is 0 Å². The van der Waals surface area contributed by atoms with Gasteiger partial charge in [-0.2, -0.15) is 0 Å². The Balaban J connectivity index is 1.67. The third-order valence-electron chi connectivity index (χ3n) is 3.36. The maximum atomic E-state index is 11.6. The number of aliphatic hydroxyl groups excluding tert-OH is 1. The van der Waals surface area contributed by atoms with Crippen LogP contribution in [0.15, 0.2) is 0 Å². The minimum Gasteiger partial charge on any atom is -0.447 e. The van der Waals surface area contributed by atoms with Gasteiger partial charge in [-0.15, -0.1) is 0 Å². The van der Waals surface area contributed by atoms with Crippen LogP contribution in [-0.2, 0) is 9.53 Å². The lowest BCUT2D eigenvalue weighted by Gasteiger charge is -2.31. The lowest BCUT2D eigenvalue weighted by molar-refractivity contribution is -0.123. The molecule has 1 saturated carbocycles. The molecular weight excluding hydrogens is 236 g/mol. The molecule has 6 nitrogen and oxygen atoms in total. The summed E-state index contributed by atoms with van der Waals surface area (Å²) < 4.78 is 4.84. The molecule has 0 aromatic heterocycles. The number of ether oxygens (including phenoxy) is 1. The van der Waals surface area contributed by atoms with Crippen molar-refractivity contribution in [1.29, 1.82) is 0 Å². The Morgan fingerprint density at radius 2 is 1.89 bits per heavy atom. The molecule has 0 aromatic carbocycles. The monoisotopic (exact) mass is 256 g/mol. The van der Waals surface area contributed by atoms with Crippen LogP contribution in [0.25, 0.3) is 0 Å². The van der Waals surface area contributed by atoms with Crippen LogP contribution < -0.4 is 5.32 Å². The predicted molar refractivity (Wildman–Crippen MR) is 63.9 cm³/mol. The molecule has 0 radical (unpaired) electrons. The number of carbonyl (C=O) groups is 2. The summed E-state index contributed by atoms with van der Waals surface area (Å²) in [6, 6.07) is 0.181. The Hall–Kier alpha value is -1.30. The second-order valence-corrected chi connectivity index (χ2v) is 4.88. The molecule has 2 aliphatic rings. The summed E-state index contributed by atoms with van der Waals surface area (Å²) in [6.45, 7) is 1.08. The second-order valence-electron chi connectivity index (χ2n) is 4.88. The summed E-state index contributed by atoms with van der Waals surface area (Å²) in [4.78, 5) is 24.7. The number of hydrogen-bond acceptors (Lipinski definition) is 4. The summed E-state index contributed by atoms with van der Waals surface area (Å²) in [5.41, 5.74) is 0. The van der Waals surface area contributed by atoms with E-state index in [9.17, 15) is 9.59 Å². The van der Waals surface area contributed by atoms with Gasteiger partial charge in [0, 0.05) is 25.0 Å². The van der Waals surface area contributed by atoms with Gasteiger partial charge in [0.25, 0.3) is 0 Å². The van der Waals surface area contributed by atoms with Crippen molar-refractivity contribution in [2.75, 3.05) is 26.3 Å². The van der Waals surface area contributed by atoms with Crippen molar-refractivity contribution in [3.8, 4) is 0 Å². The second kappa shape index (κ2) is 6.04. The van der Waals surface area contributed by atoms with E-state index in [1.165, 1.54) is 0 Å². The highest BCUT2D eigenvalue weighted by Gasteiger charge is 2.32. The van der Waals surface area contributed by atoms with Gasteiger partial charge in [0.1, 0.15) is 6.61 Å². The molecule has 1 heterocycles. The number of amides is 2. The number of piperidine rings is 1. The Kier molecular flexibility index (Phi) is 4.41. The number of nitrogens with zero attached hydrogens (tertiary/aromatic N) is 1. The highest BCUT2D eigenvalue weighted by atomic mass is 16.6. The number of rotatable bonds is 4. The maximum absolute atomic E-state index is 11.6. The van der Waals surface area contributed by atoms with Gasteiger partial charge in [-0.25, -0.2) is 4.79 Å². The van der Waals surface area contributed by atoms with Crippen molar-refractivity contribution >= 4 is 12.0 Å². The average Bonchev–Trinajstić information content (AvgIpc) is 3.21. The number of aliphatic hydroxyl groups is 1. The molecule has 0 aromatic rings. The van der Waals surface area contributed by atoms with Crippen LogP contribution in [0.4, 0.5) is 4.79 Å². The molecule has 0 atom stereocenters. The molecule has 0 bridgehead atoms. The van der Waals surface area contributed by atoms with Crippen LogP contribution in [0.3, 0.4) is 0 Å². The van der Waals surface area contributed by atoms with Crippen LogP contribution in [0.5, 0.6) is 0 Å². The molecule has 6 heteroatoms. The molecule has 1 saturated heterocycles. The summed E-state index contributed by atoms with van der Waals surface area (Å²) in [6.07, 6.45) is 3.19. The van der Waals surface area contributed by atoms with Gasteiger partial charge >= 0.3 is 6.09 Å². The molecule has 0 unspecified atom stereocenters. The Morgan fingerprint density at radius 3 is 2.44 bits per heavy atom. The number of carbonyl (C=O) groups excluding carboxylic acids is 2. The summed E-state index contributed by atoms with van der Waals surface area (Å²) in [5, 5.41) is 11.6. The smallest absolute Gasteiger partial charge is 0.409 e. The SMILES string of the molecule is O=C(NC1CCN(C(=O)OCCO)CC1)C1CC1. The van der Waals surface area contributed by atoms with Crippen molar-refractivity contribution in [3.63, 3.8) is 0 Å². The van der Waals surface area contributed by atoms with Crippen molar-refractivity contribution in [3.05, 3.63) is 0 Å². The molecule has 18 heavy (non-hydrogen) atoms. The van der Waals surface area contributed by atoms with E-state index in [0.717, 1.165) is 25.7 Å². The third kappa shape index (κ3) is 3.60. The van der Waals surface area contributed by atoms with Crippen molar-refractivity contribution in [2.45, 2.75) is 31.7 Å². The number of likely N-dealkylation sites (tertiary alicyclic amines) is 1. The van der Waals surface area contributed by atoms with Crippen LogP contribution in [-0.4, -0.2) is 54.4 Å². The minimum absolute atomic E-state index is 0.0389. The van der Waals surface area contributed by atoms with E-state index in [2.05, 4.69) is 5.32 Å². The molecule has 1 aliphatic carbocycles. The quantitative estimate of drug-likeness (QED) is 0.748. The van der Waals surface area contributed by atoms with Crippen LogP contribution >= 0.6 is 0 Å². The zero-order valence-electron chi connectivity index (χ0n) is 10.4. The number of nitrogens with one attached hydrogen (secondary N) is 1. The fourth-order valence-electron chi connectivity index (χ4n) is 2.10. The normalized spacial score (nSPS) is 20.6. The lowest BCUT2D eigenvalue weighted by atomic mass is 10.1. The highest BCUT2D eigenvalue weighted by molar-refractivity contribution is 5.81. The van der Waals surface area contributed by atoms with E-state index in [1.807, 2.05) is 0 Å². The molecular formula is C12H20N2O4. The summed E-state index contributed by atoms with van der Waals surface area (Å²) >= 11 is 0. The van der Waals surface area contributed by atoms with E-state index in [1.54, 1.807) is 4.90 Å². The first-order valence-corrected chi connectivity index (χ1v) is 6.53. The molecule has 2 amide bonds. The van der Waals surface area contributed by atoms with E-state index in [0.29, 0.717) is 13.1 Å². The molecule has 0 spiro atoms. The van der Waals surface area contributed by atoms with E-state index < -0.39 is 0 Å². The molecule has 102 valence electrons. The van der Waals surface area contributed by atoms with Gasteiger partial charge < -0.3 is 20.1 Å². The first-order chi connectivity index (χ1) is 8.70. The molecule has 2 N–H and O–H groups in total. The summed E-state index contributed by atoms with van der Waals surface area (Å²) in [7, 11) is 0. The highest BCUT2D eigenvalue weighted by Crippen LogP contribution is 2.29. The number of hydrogen-bond donors (Lipinski definition) is 2. The lowest BCUT2D eigenvalue weighted by Crippen LogP contribution is -2.47.